The summed E-state index contributed by atoms with van der Waals surface area (Å²) in [6.07, 6.45) is 6.79. The van der Waals surface area contributed by atoms with E-state index >= 15 is 0 Å². The van der Waals surface area contributed by atoms with Gasteiger partial charge in [0.25, 0.3) is 0 Å². The van der Waals surface area contributed by atoms with Gasteiger partial charge in [-0.25, -0.2) is 0 Å². The molecule has 1 aromatic rings. The first-order valence-corrected chi connectivity index (χ1v) is 7.26. The number of aryl methyl sites for hydroxylation is 1. The minimum absolute atomic E-state index is 0.818. The molecule has 0 saturated carbocycles. The van der Waals surface area contributed by atoms with E-state index < -0.39 is 0 Å². The summed E-state index contributed by atoms with van der Waals surface area (Å²) in [5, 5.41) is 3.30. The number of ether oxygens (including phenoxy) is 1. The number of benzene rings is 1. The van der Waals surface area contributed by atoms with Crippen molar-refractivity contribution in [3.63, 3.8) is 0 Å². The van der Waals surface area contributed by atoms with E-state index in [1.807, 2.05) is 6.07 Å². The van der Waals surface area contributed by atoms with Gasteiger partial charge < -0.3 is 10.1 Å². The van der Waals surface area contributed by atoms with Crippen LogP contribution in [-0.2, 0) is 6.42 Å². The number of thiocarbonyl (C=S) groups is 1. The van der Waals surface area contributed by atoms with Crippen molar-refractivity contribution in [2.75, 3.05) is 11.9 Å². The third-order valence-electron chi connectivity index (χ3n) is 3.22. The summed E-state index contributed by atoms with van der Waals surface area (Å²) in [4.78, 5) is 0.949. The van der Waals surface area contributed by atoms with Gasteiger partial charge in [0.15, 0.2) is 0 Å². The molecule has 1 heterocycles. The number of anilines is 1. The predicted molar refractivity (Wildman–Crippen MR) is 80.6 cm³/mol. The van der Waals surface area contributed by atoms with Crippen LogP contribution in [0.4, 0.5) is 5.69 Å². The van der Waals surface area contributed by atoms with E-state index in [2.05, 4.69) is 24.4 Å². The van der Waals surface area contributed by atoms with Gasteiger partial charge in [0.2, 0.25) is 0 Å². The lowest BCUT2D eigenvalue weighted by molar-refractivity contribution is 0.306. The summed E-state index contributed by atoms with van der Waals surface area (Å²) >= 11 is 5.26. The van der Waals surface area contributed by atoms with Crippen LogP contribution in [0.2, 0.25) is 0 Å². The van der Waals surface area contributed by atoms with Gasteiger partial charge in [-0.1, -0.05) is 32.0 Å². The molecule has 0 aromatic heterocycles. The van der Waals surface area contributed by atoms with Gasteiger partial charge in [-0.2, -0.15) is 0 Å². The number of fused-ring (bicyclic) bond motifs is 1. The van der Waals surface area contributed by atoms with E-state index in [9.17, 15) is 0 Å². The molecule has 0 atom stereocenters. The minimum atomic E-state index is 0.818. The highest BCUT2D eigenvalue weighted by Crippen LogP contribution is 2.26. The molecule has 1 N–H and O–H groups in total. The van der Waals surface area contributed by atoms with E-state index in [4.69, 9.17) is 17.0 Å². The second-order valence-electron chi connectivity index (χ2n) is 4.78. The maximum Gasteiger partial charge on any atom is 0.119 e. The van der Waals surface area contributed by atoms with E-state index in [0.29, 0.717) is 0 Å². The first-order chi connectivity index (χ1) is 8.79. The Labute approximate surface area is 115 Å². The van der Waals surface area contributed by atoms with Crippen molar-refractivity contribution in [3.8, 4) is 5.75 Å². The van der Waals surface area contributed by atoms with Crippen LogP contribution < -0.4 is 10.1 Å². The van der Waals surface area contributed by atoms with Gasteiger partial charge in [0, 0.05) is 5.69 Å². The van der Waals surface area contributed by atoms with Crippen LogP contribution in [-0.4, -0.2) is 11.6 Å². The summed E-state index contributed by atoms with van der Waals surface area (Å²) in [5.74, 6) is 0.986. The smallest absolute Gasteiger partial charge is 0.119 e. The second-order valence-corrected chi connectivity index (χ2v) is 5.27. The number of hydrogen-bond acceptors (Lipinski definition) is 2. The van der Waals surface area contributed by atoms with Crippen LogP contribution in [0.3, 0.4) is 0 Å². The molecule has 1 aliphatic heterocycles. The Morgan fingerprint density at radius 1 is 1.28 bits per heavy atom. The van der Waals surface area contributed by atoms with Crippen molar-refractivity contribution in [2.45, 2.75) is 45.4 Å². The first kappa shape index (κ1) is 13.3. The molecule has 3 heteroatoms. The lowest BCUT2D eigenvalue weighted by Gasteiger charge is -2.11. The fourth-order valence-corrected chi connectivity index (χ4v) is 2.44. The Morgan fingerprint density at radius 2 is 2.17 bits per heavy atom. The summed E-state index contributed by atoms with van der Waals surface area (Å²) < 4.78 is 5.78. The molecule has 0 saturated heterocycles. The minimum Gasteiger partial charge on any atom is -0.494 e. The van der Waals surface area contributed by atoms with Gasteiger partial charge >= 0.3 is 0 Å². The van der Waals surface area contributed by atoms with Crippen molar-refractivity contribution in [1.82, 2.24) is 0 Å². The zero-order valence-electron chi connectivity index (χ0n) is 11.0. The topological polar surface area (TPSA) is 21.3 Å². The number of hydrogen-bond donors (Lipinski definition) is 1. The average molecular weight is 263 g/mol. The molecule has 0 spiro atoms. The fourth-order valence-electron chi connectivity index (χ4n) is 2.18. The maximum atomic E-state index is 5.78. The van der Waals surface area contributed by atoms with Crippen LogP contribution in [0, 0.1) is 0 Å². The number of rotatable bonds is 5. The monoisotopic (exact) mass is 263 g/mol. The van der Waals surface area contributed by atoms with E-state index in [1.165, 1.54) is 18.4 Å². The van der Waals surface area contributed by atoms with E-state index in [-0.39, 0.29) is 0 Å². The third-order valence-corrected chi connectivity index (χ3v) is 3.52. The van der Waals surface area contributed by atoms with Gasteiger partial charge in [0.1, 0.15) is 5.75 Å². The molecule has 0 radical (unpaired) electrons. The Bertz CT molecular complexity index is 417. The molecular weight excluding hydrogens is 242 g/mol. The quantitative estimate of drug-likeness (QED) is 0.631. The van der Waals surface area contributed by atoms with Crippen molar-refractivity contribution in [3.05, 3.63) is 23.8 Å². The molecule has 0 fully saturated rings. The van der Waals surface area contributed by atoms with Gasteiger partial charge in [-0.05, 0) is 49.4 Å². The summed E-state index contributed by atoms with van der Waals surface area (Å²) in [5.41, 5.74) is 2.47. The van der Waals surface area contributed by atoms with E-state index in [0.717, 1.165) is 48.7 Å². The average Bonchev–Trinajstić information content (AvgIpc) is 2.55. The molecule has 0 unspecified atom stereocenters. The molecule has 2 rings (SSSR count). The first-order valence-electron chi connectivity index (χ1n) is 6.85. The van der Waals surface area contributed by atoms with Crippen LogP contribution in [0.25, 0.3) is 0 Å². The molecule has 18 heavy (non-hydrogen) atoms. The van der Waals surface area contributed by atoms with E-state index in [1.54, 1.807) is 0 Å². The highest BCUT2D eigenvalue weighted by molar-refractivity contribution is 7.80. The highest BCUT2D eigenvalue weighted by atomic mass is 32.1. The fraction of sp³-hybridized carbons (Fsp3) is 0.533. The number of nitrogens with one attached hydrogen (secondary N) is 1. The largest absolute Gasteiger partial charge is 0.494 e. The standard InChI is InChI=1S/C15H21NOS/c1-2-3-4-10-17-13-8-9-14-12(11-13)6-5-7-15(18)16-14/h8-9,11H,2-7,10H2,1H3,(H,16,18). The van der Waals surface area contributed by atoms with Crippen molar-refractivity contribution in [2.24, 2.45) is 0 Å². The lowest BCUT2D eigenvalue weighted by Crippen LogP contribution is -2.06. The Balaban J connectivity index is 1.98. The van der Waals surface area contributed by atoms with Crippen LogP contribution in [0.5, 0.6) is 5.75 Å². The van der Waals surface area contributed by atoms with Crippen LogP contribution in [0.15, 0.2) is 18.2 Å². The predicted octanol–water partition coefficient (Wildman–Crippen LogP) is 4.33. The van der Waals surface area contributed by atoms with Gasteiger partial charge in [-0.3, -0.25) is 0 Å². The maximum absolute atomic E-state index is 5.78. The molecule has 2 nitrogen and oxygen atoms in total. The third kappa shape index (κ3) is 3.70. The van der Waals surface area contributed by atoms with Crippen LogP contribution in [0.1, 0.15) is 44.6 Å². The molecular formula is C15H21NOS. The molecule has 1 aromatic carbocycles. The zero-order chi connectivity index (χ0) is 12.8. The normalized spacial score (nSPS) is 14.6. The van der Waals surface area contributed by atoms with Gasteiger partial charge in [0.05, 0.1) is 11.6 Å². The molecule has 0 amide bonds. The molecule has 0 bridgehead atoms. The molecule has 98 valence electrons. The van der Waals surface area contributed by atoms with Crippen molar-refractivity contribution < 1.29 is 4.74 Å². The highest BCUT2D eigenvalue weighted by Gasteiger charge is 2.11. The SMILES string of the molecule is CCCCCOc1ccc2c(c1)CCCC(=S)N2. The Hall–Kier alpha value is -1.09. The summed E-state index contributed by atoms with van der Waals surface area (Å²) in [6, 6.07) is 6.27. The lowest BCUT2D eigenvalue weighted by atomic mass is 10.1. The zero-order valence-corrected chi connectivity index (χ0v) is 11.8. The van der Waals surface area contributed by atoms with Crippen molar-refractivity contribution >= 4 is 22.9 Å². The molecule has 1 aliphatic rings. The Morgan fingerprint density at radius 3 is 3.00 bits per heavy atom. The van der Waals surface area contributed by atoms with Crippen LogP contribution >= 0.6 is 12.2 Å². The summed E-state index contributed by atoms with van der Waals surface area (Å²) in [7, 11) is 0. The molecule has 0 aliphatic carbocycles. The van der Waals surface area contributed by atoms with Gasteiger partial charge in [-0.15, -0.1) is 0 Å². The summed E-state index contributed by atoms with van der Waals surface area (Å²) in [6.45, 7) is 3.02. The second kappa shape index (κ2) is 6.74. The number of unbranched alkanes of at least 4 members (excludes halogenated alkanes) is 2. The Kier molecular flexibility index (Phi) is 5.00. The van der Waals surface area contributed by atoms with Crippen molar-refractivity contribution in [1.29, 1.82) is 0 Å².